The van der Waals surface area contributed by atoms with Crippen LogP contribution in [0.2, 0.25) is 0 Å². The molecule has 134 valence electrons. The molecule has 0 N–H and O–H groups in total. The lowest BCUT2D eigenvalue weighted by Crippen LogP contribution is -2.45. The van der Waals surface area contributed by atoms with Crippen molar-refractivity contribution in [1.82, 2.24) is 0 Å². The number of alkyl halides is 2. The number of rotatable bonds is 5. The van der Waals surface area contributed by atoms with Gasteiger partial charge < -0.3 is 14.0 Å². The Morgan fingerprint density at radius 1 is 1.08 bits per heavy atom. The van der Waals surface area contributed by atoms with Crippen LogP contribution in [-0.2, 0) is 9.31 Å². The fourth-order valence-electron chi connectivity index (χ4n) is 2.71. The van der Waals surface area contributed by atoms with Gasteiger partial charge in [0, 0.05) is 0 Å². The van der Waals surface area contributed by atoms with Crippen molar-refractivity contribution in [3.05, 3.63) is 24.3 Å². The van der Waals surface area contributed by atoms with Gasteiger partial charge in [0.05, 0.1) is 11.2 Å². The number of benzene rings is 1. The molecule has 1 aromatic rings. The summed E-state index contributed by atoms with van der Waals surface area (Å²) in [6.07, 6.45) is 1.90. The van der Waals surface area contributed by atoms with Gasteiger partial charge in [-0.3, -0.25) is 0 Å². The summed E-state index contributed by atoms with van der Waals surface area (Å²) < 4.78 is 41.2. The summed E-state index contributed by atoms with van der Waals surface area (Å²) in [4.78, 5) is 0. The Morgan fingerprint density at radius 3 is 2.17 bits per heavy atom. The van der Waals surface area contributed by atoms with Crippen molar-refractivity contribution >= 4 is 12.6 Å². The third-order valence-electron chi connectivity index (χ3n) is 4.77. The molecular weight excluding hydrogens is 313 g/mol. The van der Waals surface area contributed by atoms with Gasteiger partial charge in [-0.2, -0.15) is 8.78 Å². The van der Waals surface area contributed by atoms with E-state index in [0.717, 1.165) is 18.3 Å². The Labute approximate surface area is 143 Å². The second kappa shape index (κ2) is 6.64. The minimum atomic E-state index is -2.82. The van der Waals surface area contributed by atoms with E-state index >= 15 is 0 Å². The molecule has 1 atom stereocenters. The van der Waals surface area contributed by atoms with Gasteiger partial charge in [0.15, 0.2) is 0 Å². The van der Waals surface area contributed by atoms with E-state index in [-0.39, 0.29) is 11.2 Å². The zero-order chi connectivity index (χ0) is 18.2. The van der Waals surface area contributed by atoms with Gasteiger partial charge in [-0.25, -0.2) is 0 Å². The third-order valence-corrected chi connectivity index (χ3v) is 4.77. The van der Waals surface area contributed by atoms with Crippen LogP contribution in [0.5, 0.6) is 5.75 Å². The van der Waals surface area contributed by atoms with E-state index in [2.05, 4.69) is 32.4 Å². The first-order valence-corrected chi connectivity index (χ1v) is 8.32. The van der Waals surface area contributed by atoms with Gasteiger partial charge in [-0.15, -0.1) is 0 Å². The molecule has 0 saturated carbocycles. The van der Waals surface area contributed by atoms with E-state index in [1.54, 1.807) is 12.1 Å². The summed E-state index contributed by atoms with van der Waals surface area (Å²) >= 11 is 0. The van der Waals surface area contributed by atoms with Crippen molar-refractivity contribution in [2.45, 2.75) is 72.2 Å². The molecule has 1 heterocycles. The first kappa shape index (κ1) is 19.2. The number of hydrogen-bond acceptors (Lipinski definition) is 3. The molecular formula is C18H27BF2O3. The lowest BCUT2D eigenvalue weighted by atomic mass is 9.78. The van der Waals surface area contributed by atoms with Gasteiger partial charge in [-0.1, -0.05) is 32.9 Å². The highest BCUT2D eigenvalue weighted by Crippen LogP contribution is 2.42. The zero-order valence-corrected chi connectivity index (χ0v) is 15.4. The largest absolute Gasteiger partial charge is 0.494 e. The monoisotopic (exact) mass is 340 g/mol. The Balaban J connectivity index is 2.11. The van der Waals surface area contributed by atoms with Crippen LogP contribution in [0.3, 0.4) is 0 Å². The summed E-state index contributed by atoms with van der Waals surface area (Å²) in [5.41, 5.74) is 0.156. The molecule has 1 aliphatic rings. The molecule has 1 saturated heterocycles. The van der Waals surface area contributed by atoms with Crippen LogP contribution < -0.4 is 10.2 Å². The Kier molecular flexibility index (Phi) is 5.31. The topological polar surface area (TPSA) is 27.7 Å². The molecule has 3 nitrogen and oxygen atoms in total. The molecule has 1 aromatic carbocycles. The van der Waals surface area contributed by atoms with E-state index < -0.39 is 24.9 Å². The second-order valence-electron chi connectivity index (χ2n) is 8.32. The Morgan fingerprint density at radius 2 is 1.67 bits per heavy atom. The van der Waals surface area contributed by atoms with Gasteiger partial charge >= 0.3 is 13.7 Å². The molecule has 0 amide bonds. The van der Waals surface area contributed by atoms with E-state index in [1.807, 2.05) is 13.8 Å². The number of ether oxygens (including phenoxy) is 1. The molecule has 6 heteroatoms. The SMILES string of the molecule is CC(C)(C)CCC1(C)OB(c2ccc(OC(F)F)cc2)OC1(C)C. The summed E-state index contributed by atoms with van der Waals surface area (Å²) in [5.74, 6) is 0.126. The molecule has 0 radical (unpaired) electrons. The predicted octanol–water partition coefficient (Wildman–Crippen LogP) is 4.39. The fraction of sp³-hybridized carbons (Fsp3) is 0.667. The third kappa shape index (κ3) is 4.48. The molecule has 2 rings (SSSR count). The van der Waals surface area contributed by atoms with Gasteiger partial charge in [0.25, 0.3) is 0 Å². The summed E-state index contributed by atoms with van der Waals surface area (Å²) in [5, 5.41) is 0. The van der Waals surface area contributed by atoms with Crippen molar-refractivity contribution in [3.63, 3.8) is 0 Å². The standard InChI is InChI=1S/C18H27BF2O3/c1-16(2,3)11-12-18(6)17(4,5)23-19(24-18)13-7-9-14(10-8-13)22-15(20)21/h7-10,15H,11-12H2,1-6H3. The maximum Gasteiger partial charge on any atom is 0.494 e. The van der Waals surface area contributed by atoms with Crippen LogP contribution >= 0.6 is 0 Å². The van der Waals surface area contributed by atoms with Crippen molar-refractivity contribution in [3.8, 4) is 5.75 Å². The molecule has 24 heavy (non-hydrogen) atoms. The highest BCUT2D eigenvalue weighted by Gasteiger charge is 2.54. The molecule has 0 spiro atoms. The minimum absolute atomic E-state index is 0.126. The van der Waals surface area contributed by atoms with Crippen LogP contribution in [-0.4, -0.2) is 24.9 Å². The highest BCUT2D eigenvalue weighted by atomic mass is 19.3. The first-order valence-electron chi connectivity index (χ1n) is 8.32. The van der Waals surface area contributed by atoms with Crippen molar-refractivity contribution < 1.29 is 22.8 Å². The van der Waals surface area contributed by atoms with Gasteiger partial charge in [-0.05, 0) is 56.6 Å². The van der Waals surface area contributed by atoms with Crippen LogP contribution in [0.25, 0.3) is 0 Å². The number of hydrogen-bond donors (Lipinski definition) is 0. The lowest BCUT2D eigenvalue weighted by molar-refractivity contribution is -0.0498. The van der Waals surface area contributed by atoms with E-state index in [1.165, 1.54) is 12.1 Å². The first-order chi connectivity index (χ1) is 10.9. The summed E-state index contributed by atoms with van der Waals surface area (Å²) in [6.45, 7) is 9.94. The van der Waals surface area contributed by atoms with Crippen molar-refractivity contribution in [2.24, 2.45) is 5.41 Å². The molecule has 1 unspecified atom stereocenters. The zero-order valence-electron chi connectivity index (χ0n) is 15.4. The normalized spacial score (nSPS) is 23.8. The van der Waals surface area contributed by atoms with Gasteiger partial charge in [0.1, 0.15) is 5.75 Å². The molecule has 0 aromatic heterocycles. The van der Waals surface area contributed by atoms with Gasteiger partial charge in [0.2, 0.25) is 0 Å². The molecule has 1 fully saturated rings. The minimum Gasteiger partial charge on any atom is -0.435 e. The molecule has 1 aliphatic heterocycles. The predicted molar refractivity (Wildman–Crippen MR) is 91.8 cm³/mol. The number of halogens is 2. The van der Waals surface area contributed by atoms with E-state index in [4.69, 9.17) is 9.31 Å². The average Bonchev–Trinajstić information content (AvgIpc) is 2.67. The quantitative estimate of drug-likeness (QED) is 0.744. The average molecular weight is 340 g/mol. The lowest BCUT2D eigenvalue weighted by Gasteiger charge is -2.38. The molecule has 0 aliphatic carbocycles. The van der Waals surface area contributed by atoms with E-state index in [0.29, 0.717) is 0 Å². The van der Waals surface area contributed by atoms with Crippen molar-refractivity contribution in [2.75, 3.05) is 0 Å². The highest BCUT2D eigenvalue weighted by molar-refractivity contribution is 6.62. The summed E-state index contributed by atoms with van der Waals surface area (Å²) in [7, 11) is -0.509. The van der Waals surface area contributed by atoms with Crippen LogP contribution in [0, 0.1) is 5.41 Å². The molecule has 0 bridgehead atoms. The Hall–Kier alpha value is -1.14. The second-order valence-corrected chi connectivity index (χ2v) is 8.32. The van der Waals surface area contributed by atoms with Crippen LogP contribution in [0.1, 0.15) is 54.4 Å². The smallest absolute Gasteiger partial charge is 0.435 e. The van der Waals surface area contributed by atoms with E-state index in [9.17, 15) is 8.78 Å². The summed E-state index contributed by atoms with van der Waals surface area (Å²) in [6, 6.07) is 6.42. The Bertz CT molecular complexity index is 554. The maximum absolute atomic E-state index is 12.2. The van der Waals surface area contributed by atoms with Crippen molar-refractivity contribution in [1.29, 1.82) is 0 Å². The maximum atomic E-state index is 12.2. The van der Waals surface area contributed by atoms with Crippen LogP contribution in [0.4, 0.5) is 8.78 Å². The fourth-order valence-corrected chi connectivity index (χ4v) is 2.71. The van der Waals surface area contributed by atoms with Crippen LogP contribution in [0.15, 0.2) is 24.3 Å².